The van der Waals surface area contributed by atoms with Gasteiger partial charge in [-0.25, -0.2) is 0 Å². The van der Waals surface area contributed by atoms with Crippen molar-refractivity contribution in [1.82, 2.24) is 0 Å². The summed E-state index contributed by atoms with van der Waals surface area (Å²) in [7, 11) is 2.87. The molecule has 33 heavy (non-hydrogen) atoms. The van der Waals surface area contributed by atoms with E-state index >= 15 is 0 Å². The van der Waals surface area contributed by atoms with Gasteiger partial charge in [0.2, 0.25) is 6.04 Å². The fourth-order valence-electron chi connectivity index (χ4n) is 2.80. The van der Waals surface area contributed by atoms with Crippen LogP contribution in [-0.4, -0.2) is 45.2 Å². The first kappa shape index (κ1) is 26.2. The number of ketones is 1. The van der Waals surface area contributed by atoms with Crippen molar-refractivity contribution in [3.63, 3.8) is 0 Å². The summed E-state index contributed by atoms with van der Waals surface area (Å²) >= 11 is 12.5. The first-order valence-corrected chi connectivity index (χ1v) is 10.7. The van der Waals surface area contributed by atoms with Crippen molar-refractivity contribution in [3.05, 3.63) is 34.3 Å². The van der Waals surface area contributed by atoms with Gasteiger partial charge in [0, 0.05) is 23.9 Å². The van der Waals surface area contributed by atoms with Crippen molar-refractivity contribution in [3.8, 4) is 23.0 Å². The second-order valence-corrected chi connectivity index (χ2v) is 7.34. The van der Waals surface area contributed by atoms with Gasteiger partial charge in [0.1, 0.15) is 11.4 Å². The van der Waals surface area contributed by atoms with Crippen LogP contribution >= 0.6 is 23.2 Å². The van der Waals surface area contributed by atoms with Crippen molar-refractivity contribution < 1.29 is 28.5 Å². The van der Waals surface area contributed by atoms with Crippen molar-refractivity contribution in [2.45, 2.75) is 26.8 Å². The van der Waals surface area contributed by atoms with E-state index in [0.29, 0.717) is 41.9 Å². The molecule has 11 heteroatoms. The van der Waals surface area contributed by atoms with Gasteiger partial charge in [-0.2, -0.15) is 5.11 Å². The number of nitrogens with one attached hydrogen (secondary N) is 1. The zero-order valence-electron chi connectivity index (χ0n) is 18.9. The summed E-state index contributed by atoms with van der Waals surface area (Å²) in [6.07, 6.45) is 0. The Balaban J connectivity index is 2.34. The number of amides is 1. The van der Waals surface area contributed by atoms with Crippen LogP contribution in [0.1, 0.15) is 20.8 Å². The molecule has 0 fully saturated rings. The Morgan fingerprint density at radius 3 is 2.24 bits per heavy atom. The van der Waals surface area contributed by atoms with Gasteiger partial charge in [-0.1, -0.05) is 23.2 Å². The molecule has 2 aromatic rings. The molecule has 9 nitrogen and oxygen atoms in total. The topological polar surface area (TPSA) is 108 Å². The predicted molar refractivity (Wildman–Crippen MR) is 126 cm³/mol. The lowest BCUT2D eigenvalue weighted by Gasteiger charge is -2.14. The van der Waals surface area contributed by atoms with E-state index in [1.165, 1.54) is 33.3 Å². The van der Waals surface area contributed by atoms with Crippen molar-refractivity contribution in [1.29, 1.82) is 0 Å². The van der Waals surface area contributed by atoms with Crippen molar-refractivity contribution >= 4 is 46.3 Å². The Morgan fingerprint density at radius 2 is 1.67 bits per heavy atom. The van der Waals surface area contributed by atoms with Crippen LogP contribution in [0.5, 0.6) is 23.0 Å². The van der Waals surface area contributed by atoms with Gasteiger partial charge in [-0.15, -0.1) is 5.11 Å². The van der Waals surface area contributed by atoms with Crippen LogP contribution in [0, 0.1) is 0 Å². The quantitative estimate of drug-likeness (QED) is 0.324. The minimum Gasteiger partial charge on any atom is -0.494 e. The number of halogens is 2. The Hall–Kier alpha value is -3.04. The molecule has 0 saturated heterocycles. The molecule has 0 aliphatic rings. The highest BCUT2D eigenvalue weighted by Gasteiger charge is 2.25. The number of Topliss-reactive ketones (excluding diaryl/α,β-unsaturated/α-hetero) is 1. The summed E-state index contributed by atoms with van der Waals surface area (Å²) in [5, 5.41) is 11.0. The van der Waals surface area contributed by atoms with Gasteiger partial charge in [0.05, 0.1) is 37.5 Å². The Labute approximate surface area is 202 Å². The molecule has 0 aromatic heterocycles. The molecule has 178 valence electrons. The van der Waals surface area contributed by atoms with Gasteiger partial charge < -0.3 is 24.3 Å². The van der Waals surface area contributed by atoms with E-state index < -0.39 is 17.7 Å². The van der Waals surface area contributed by atoms with Crippen LogP contribution in [-0.2, 0) is 9.59 Å². The molecule has 1 N–H and O–H groups in total. The summed E-state index contributed by atoms with van der Waals surface area (Å²) in [4.78, 5) is 24.9. The van der Waals surface area contributed by atoms with E-state index in [1.807, 2.05) is 6.92 Å². The molecule has 1 amide bonds. The third-order valence-electron chi connectivity index (χ3n) is 4.22. The number of nitrogens with zero attached hydrogens (tertiary/aromatic N) is 2. The minimum atomic E-state index is -1.44. The number of azo groups is 1. The van der Waals surface area contributed by atoms with E-state index in [9.17, 15) is 9.59 Å². The van der Waals surface area contributed by atoms with Crippen LogP contribution in [0.3, 0.4) is 0 Å². The van der Waals surface area contributed by atoms with Gasteiger partial charge in [-0.3, -0.25) is 9.59 Å². The number of benzene rings is 2. The smallest absolute Gasteiger partial charge is 0.258 e. The highest BCUT2D eigenvalue weighted by Crippen LogP contribution is 2.40. The minimum absolute atomic E-state index is 0.176. The molecule has 0 saturated carbocycles. The van der Waals surface area contributed by atoms with E-state index in [2.05, 4.69) is 15.5 Å². The molecule has 0 heterocycles. The summed E-state index contributed by atoms with van der Waals surface area (Å²) in [6, 6.07) is 4.70. The number of hydrogen-bond acceptors (Lipinski definition) is 8. The fourth-order valence-corrected chi connectivity index (χ4v) is 3.32. The summed E-state index contributed by atoms with van der Waals surface area (Å²) < 4.78 is 21.4. The maximum absolute atomic E-state index is 12.8. The molecule has 0 radical (unpaired) electrons. The average Bonchev–Trinajstić information content (AvgIpc) is 2.75. The molecule has 0 aliphatic heterocycles. The lowest BCUT2D eigenvalue weighted by atomic mass is 10.2. The molecule has 2 aromatic carbocycles. The highest BCUT2D eigenvalue weighted by molar-refractivity contribution is 6.33. The standard InChI is InChI=1S/C22H25Cl2N3O6/c1-6-32-14-10-15(23)20(17(11-14)33-7-2)27-26-19(12(3)28)22(29)25-13-8-16(24)21(31-5)18(9-13)30-4/h8-11,19H,6-7H2,1-5H3,(H,25,29). The monoisotopic (exact) mass is 497 g/mol. The average molecular weight is 498 g/mol. The van der Waals surface area contributed by atoms with Crippen LogP contribution in [0.2, 0.25) is 10.0 Å². The van der Waals surface area contributed by atoms with Gasteiger partial charge in [0.15, 0.2) is 23.0 Å². The summed E-state index contributed by atoms with van der Waals surface area (Å²) in [5.74, 6) is 0.192. The van der Waals surface area contributed by atoms with Crippen molar-refractivity contribution in [2.24, 2.45) is 10.2 Å². The van der Waals surface area contributed by atoms with Gasteiger partial charge in [-0.05, 0) is 26.8 Å². The molecule has 1 atom stereocenters. The van der Waals surface area contributed by atoms with E-state index in [-0.39, 0.29) is 15.7 Å². The van der Waals surface area contributed by atoms with Gasteiger partial charge >= 0.3 is 0 Å². The Kier molecular flexibility index (Phi) is 9.74. The molecule has 2 rings (SSSR count). The number of carbonyl (C=O) groups is 2. The first-order chi connectivity index (χ1) is 15.7. The third-order valence-corrected chi connectivity index (χ3v) is 4.79. The molecule has 0 aliphatic carbocycles. The van der Waals surface area contributed by atoms with Crippen LogP contribution in [0.15, 0.2) is 34.5 Å². The maximum atomic E-state index is 12.8. The molecule has 0 spiro atoms. The Bertz CT molecular complexity index is 1050. The highest BCUT2D eigenvalue weighted by atomic mass is 35.5. The summed E-state index contributed by atoms with van der Waals surface area (Å²) in [5.41, 5.74) is 0.466. The van der Waals surface area contributed by atoms with Crippen LogP contribution in [0.25, 0.3) is 0 Å². The maximum Gasteiger partial charge on any atom is 0.258 e. The SMILES string of the molecule is CCOc1cc(Cl)c(N=NC(C(C)=O)C(=O)Nc2cc(Cl)c(OC)c(OC)c2)c(OCC)c1. The van der Waals surface area contributed by atoms with Crippen LogP contribution in [0.4, 0.5) is 11.4 Å². The van der Waals surface area contributed by atoms with E-state index in [1.54, 1.807) is 19.1 Å². The van der Waals surface area contributed by atoms with E-state index in [0.717, 1.165) is 0 Å². The number of methoxy groups -OCH3 is 2. The molecule has 1 unspecified atom stereocenters. The second-order valence-electron chi connectivity index (χ2n) is 6.53. The number of anilines is 1. The Morgan fingerprint density at radius 1 is 0.970 bits per heavy atom. The number of hydrogen-bond donors (Lipinski definition) is 1. The third kappa shape index (κ3) is 6.72. The largest absolute Gasteiger partial charge is 0.494 e. The first-order valence-electron chi connectivity index (χ1n) is 9.98. The van der Waals surface area contributed by atoms with E-state index in [4.69, 9.17) is 42.1 Å². The van der Waals surface area contributed by atoms with Crippen molar-refractivity contribution in [2.75, 3.05) is 32.8 Å². The zero-order valence-corrected chi connectivity index (χ0v) is 20.4. The number of rotatable bonds is 11. The number of ether oxygens (including phenoxy) is 4. The molecule has 0 bridgehead atoms. The van der Waals surface area contributed by atoms with Gasteiger partial charge in [0.25, 0.3) is 5.91 Å². The lowest BCUT2D eigenvalue weighted by molar-refractivity contribution is -0.126. The fraction of sp³-hybridized carbons (Fsp3) is 0.364. The molecular formula is C22H25Cl2N3O6. The normalized spacial score (nSPS) is 11.7. The second kappa shape index (κ2) is 12.3. The molecular weight excluding hydrogens is 473 g/mol. The summed E-state index contributed by atoms with van der Waals surface area (Å²) in [6.45, 7) is 5.64. The lowest BCUT2D eigenvalue weighted by Crippen LogP contribution is -2.31. The van der Waals surface area contributed by atoms with Crippen LogP contribution < -0.4 is 24.3 Å². The zero-order chi connectivity index (χ0) is 24.5. The predicted octanol–water partition coefficient (Wildman–Crippen LogP) is 5.49. The number of carbonyl (C=O) groups excluding carboxylic acids is 2.